The molecule has 6 heteroatoms. The van der Waals surface area contributed by atoms with Gasteiger partial charge < -0.3 is 5.11 Å². The van der Waals surface area contributed by atoms with E-state index in [2.05, 4.69) is 5.10 Å². The van der Waals surface area contributed by atoms with Gasteiger partial charge in [-0.2, -0.15) is 9.78 Å². The highest BCUT2D eigenvalue weighted by Gasteiger charge is 2.14. The predicted molar refractivity (Wildman–Crippen MR) is 66.1 cm³/mol. The molecule has 0 saturated heterocycles. The first-order chi connectivity index (χ1) is 9.02. The molecule has 1 heterocycles. The van der Waals surface area contributed by atoms with E-state index in [4.69, 9.17) is 5.11 Å². The lowest BCUT2D eigenvalue weighted by molar-refractivity contribution is 0.0694. The maximum absolute atomic E-state index is 12.8. The van der Waals surface area contributed by atoms with Gasteiger partial charge in [-0.15, -0.1) is 0 Å². The number of aryl methyl sites for hydroxylation is 1. The molecule has 98 valence electrons. The summed E-state index contributed by atoms with van der Waals surface area (Å²) in [7, 11) is 0. The predicted octanol–water partition coefficient (Wildman–Crippen LogP) is 1.63. The molecule has 2 aromatic rings. The van der Waals surface area contributed by atoms with Gasteiger partial charge in [0.25, 0.3) is 5.56 Å². The van der Waals surface area contributed by atoms with Crippen LogP contribution >= 0.6 is 0 Å². The highest BCUT2D eigenvalue weighted by Crippen LogP contribution is 2.09. The summed E-state index contributed by atoms with van der Waals surface area (Å²) < 4.78 is 13.9. The number of carbonyl (C=O) groups is 1. The Morgan fingerprint density at radius 1 is 1.37 bits per heavy atom. The molecule has 0 atom stereocenters. The Bertz CT molecular complexity index is 677. The number of halogens is 1. The van der Waals surface area contributed by atoms with E-state index < -0.39 is 17.3 Å². The van der Waals surface area contributed by atoms with Crippen molar-refractivity contribution in [1.29, 1.82) is 0 Å². The van der Waals surface area contributed by atoms with Gasteiger partial charge in [0.2, 0.25) is 0 Å². The maximum Gasteiger partial charge on any atom is 0.337 e. The molecule has 0 radical (unpaired) electrons. The second-order valence-electron chi connectivity index (χ2n) is 3.89. The first-order valence-electron chi connectivity index (χ1n) is 5.65. The van der Waals surface area contributed by atoms with Crippen LogP contribution in [0.2, 0.25) is 0 Å². The Morgan fingerprint density at radius 2 is 2.00 bits per heavy atom. The summed E-state index contributed by atoms with van der Waals surface area (Å²) in [5, 5.41) is 13.0. The van der Waals surface area contributed by atoms with Crippen molar-refractivity contribution in [2.24, 2.45) is 0 Å². The zero-order chi connectivity index (χ0) is 14.0. The van der Waals surface area contributed by atoms with Crippen LogP contribution in [-0.4, -0.2) is 20.9 Å². The fourth-order valence-corrected chi connectivity index (χ4v) is 1.71. The number of aromatic nitrogens is 2. The van der Waals surface area contributed by atoms with Crippen LogP contribution in [0, 0.1) is 5.82 Å². The minimum atomic E-state index is -1.19. The summed E-state index contributed by atoms with van der Waals surface area (Å²) in [6.07, 6.45) is 0.378. The molecule has 0 amide bonds. The quantitative estimate of drug-likeness (QED) is 0.912. The van der Waals surface area contributed by atoms with Crippen molar-refractivity contribution in [3.8, 4) is 5.69 Å². The topological polar surface area (TPSA) is 72.2 Å². The zero-order valence-corrected chi connectivity index (χ0v) is 10.1. The van der Waals surface area contributed by atoms with Crippen LogP contribution in [-0.2, 0) is 6.42 Å². The van der Waals surface area contributed by atoms with Crippen molar-refractivity contribution in [2.75, 3.05) is 0 Å². The molecular formula is C13H11FN2O3. The number of rotatable bonds is 3. The number of benzene rings is 1. The lowest BCUT2D eigenvalue weighted by Gasteiger charge is -2.08. The molecule has 5 nitrogen and oxygen atoms in total. The third-order valence-electron chi connectivity index (χ3n) is 2.64. The van der Waals surface area contributed by atoms with Gasteiger partial charge in [0.15, 0.2) is 0 Å². The van der Waals surface area contributed by atoms with Crippen LogP contribution in [0.1, 0.15) is 23.0 Å². The van der Waals surface area contributed by atoms with Crippen molar-refractivity contribution >= 4 is 5.97 Å². The van der Waals surface area contributed by atoms with Crippen LogP contribution in [0.4, 0.5) is 4.39 Å². The Hall–Kier alpha value is -2.50. The van der Waals surface area contributed by atoms with E-state index in [1.165, 1.54) is 24.3 Å². The Morgan fingerprint density at radius 3 is 2.53 bits per heavy atom. The highest BCUT2D eigenvalue weighted by atomic mass is 19.1. The van der Waals surface area contributed by atoms with Crippen molar-refractivity contribution in [3.05, 3.63) is 57.8 Å². The molecule has 1 aromatic heterocycles. The third kappa shape index (κ3) is 2.52. The van der Waals surface area contributed by atoms with Gasteiger partial charge in [0, 0.05) is 6.07 Å². The van der Waals surface area contributed by atoms with Crippen LogP contribution in [0.15, 0.2) is 35.1 Å². The molecule has 0 aliphatic carbocycles. The molecular weight excluding hydrogens is 251 g/mol. The summed E-state index contributed by atoms with van der Waals surface area (Å²) in [5.41, 5.74) is 0.0153. The fraction of sp³-hybridized carbons (Fsp3) is 0.154. The van der Waals surface area contributed by atoms with Gasteiger partial charge in [0.1, 0.15) is 5.82 Å². The number of hydrogen-bond donors (Lipinski definition) is 1. The Kier molecular flexibility index (Phi) is 3.41. The van der Waals surface area contributed by atoms with Crippen molar-refractivity contribution in [3.63, 3.8) is 0 Å². The summed E-state index contributed by atoms with van der Waals surface area (Å²) in [6.45, 7) is 1.74. The largest absolute Gasteiger partial charge is 0.478 e. The van der Waals surface area contributed by atoms with Gasteiger partial charge in [-0.25, -0.2) is 9.18 Å². The third-order valence-corrected chi connectivity index (χ3v) is 2.64. The standard InChI is InChI=1S/C13H11FN2O3/c1-2-11-10(13(18)19)7-12(17)16(15-11)9-5-3-8(14)4-6-9/h3-7H,2H2,1H3,(H,18,19). The molecule has 0 saturated carbocycles. The van der Waals surface area contributed by atoms with E-state index in [0.717, 1.165) is 10.7 Å². The summed E-state index contributed by atoms with van der Waals surface area (Å²) >= 11 is 0. The Balaban J connectivity index is 2.62. The summed E-state index contributed by atoms with van der Waals surface area (Å²) in [5.74, 6) is -1.61. The van der Waals surface area contributed by atoms with Crippen LogP contribution < -0.4 is 5.56 Å². The minimum absolute atomic E-state index is 0.106. The molecule has 0 bridgehead atoms. The first-order valence-corrected chi connectivity index (χ1v) is 5.65. The summed E-state index contributed by atoms with van der Waals surface area (Å²) in [6, 6.07) is 6.26. The monoisotopic (exact) mass is 262 g/mol. The van der Waals surface area contributed by atoms with Gasteiger partial charge in [0.05, 0.1) is 16.9 Å². The van der Waals surface area contributed by atoms with E-state index in [0.29, 0.717) is 17.8 Å². The van der Waals surface area contributed by atoms with Gasteiger partial charge in [-0.3, -0.25) is 4.79 Å². The molecule has 0 aliphatic heterocycles. The van der Waals surface area contributed by atoms with E-state index in [-0.39, 0.29) is 5.56 Å². The van der Waals surface area contributed by atoms with Crippen LogP contribution in [0.3, 0.4) is 0 Å². The fourth-order valence-electron chi connectivity index (χ4n) is 1.71. The van der Waals surface area contributed by atoms with E-state index in [9.17, 15) is 14.0 Å². The van der Waals surface area contributed by atoms with E-state index in [1.807, 2.05) is 0 Å². The second-order valence-corrected chi connectivity index (χ2v) is 3.89. The number of aromatic carboxylic acids is 1. The smallest absolute Gasteiger partial charge is 0.337 e. The Labute approximate surface area is 107 Å². The molecule has 1 N–H and O–H groups in total. The van der Waals surface area contributed by atoms with Crippen LogP contribution in [0.5, 0.6) is 0 Å². The molecule has 2 rings (SSSR count). The number of carboxylic acids is 1. The molecule has 0 fully saturated rings. The molecule has 1 aromatic carbocycles. The number of hydrogen-bond acceptors (Lipinski definition) is 3. The zero-order valence-electron chi connectivity index (χ0n) is 10.1. The van der Waals surface area contributed by atoms with Gasteiger partial charge in [-0.1, -0.05) is 6.92 Å². The molecule has 0 spiro atoms. The van der Waals surface area contributed by atoms with Crippen molar-refractivity contribution in [1.82, 2.24) is 9.78 Å². The van der Waals surface area contributed by atoms with Gasteiger partial charge >= 0.3 is 5.97 Å². The first kappa shape index (κ1) is 12.9. The lowest BCUT2D eigenvalue weighted by Crippen LogP contribution is -2.24. The molecule has 0 aliphatic rings. The van der Waals surface area contributed by atoms with E-state index in [1.54, 1.807) is 6.92 Å². The lowest BCUT2D eigenvalue weighted by atomic mass is 10.2. The normalized spacial score (nSPS) is 10.4. The maximum atomic E-state index is 12.8. The van der Waals surface area contributed by atoms with Crippen LogP contribution in [0.25, 0.3) is 5.69 Å². The summed E-state index contributed by atoms with van der Waals surface area (Å²) in [4.78, 5) is 22.8. The molecule has 0 unspecified atom stereocenters. The SMILES string of the molecule is CCc1nn(-c2ccc(F)cc2)c(=O)cc1C(=O)O. The van der Waals surface area contributed by atoms with E-state index >= 15 is 0 Å². The average molecular weight is 262 g/mol. The number of nitrogens with zero attached hydrogens (tertiary/aromatic N) is 2. The number of carboxylic acid groups (broad SMARTS) is 1. The van der Waals surface area contributed by atoms with Crippen molar-refractivity contribution < 1.29 is 14.3 Å². The molecule has 19 heavy (non-hydrogen) atoms. The van der Waals surface area contributed by atoms with Gasteiger partial charge in [-0.05, 0) is 30.7 Å². The highest BCUT2D eigenvalue weighted by molar-refractivity contribution is 5.88. The minimum Gasteiger partial charge on any atom is -0.478 e. The second kappa shape index (κ2) is 5.01. The average Bonchev–Trinajstić information content (AvgIpc) is 2.39. The van der Waals surface area contributed by atoms with Crippen molar-refractivity contribution in [2.45, 2.75) is 13.3 Å².